The van der Waals surface area contributed by atoms with Crippen LogP contribution < -0.4 is 10.2 Å². The van der Waals surface area contributed by atoms with E-state index < -0.39 is 0 Å². The zero-order valence-corrected chi connectivity index (χ0v) is 20.6. The molecule has 0 fully saturated rings. The van der Waals surface area contributed by atoms with Gasteiger partial charge in [0.1, 0.15) is 11.4 Å². The Morgan fingerprint density at radius 2 is 1.79 bits per heavy atom. The van der Waals surface area contributed by atoms with Gasteiger partial charge in [0.25, 0.3) is 5.91 Å². The normalized spacial score (nSPS) is 11.2. The van der Waals surface area contributed by atoms with E-state index in [0.717, 1.165) is 47.6 Å². The van der Waals surface area contributed by atoms with E-state index in [-0.39, 0.29) is 5.91 Å². The molecule has 0 spiro atoms. The van der Waals surface area contributed by atoms with Crippen molar-refractivity contribution in [2.45, 2.75) is 0 Å². The van der Waals surface area contributed by atoms with E-state index in [2.05, 4.69) is 31.4 Å². The molecular weight excluding hydrogens is 510 g/mol. The molecule has 1 amide bonds. The molecule has 34 heavy (non-hydrogen) atoms. The molecule has 5 nitrogen and oxygen atoms in total. The summed E-state index contributed by atoms with van der Waals surface area (Å²) in [7, 11) is 1.65. The van der Waals surface area contributed by atoms with E-state index in [4.69, 9.17) is 4.74 Å². The molecule has 7 heteroatoms. The number of fused-ring (bicyclic) bond motifs is 1. The molecule has 0 atom stereocenters. The molecule has 0 saturated heterocycles. The summed E-state index contributed by atoms with van der Waals surface area (Å²) in [4.78, 5) is 18.4. The van der Waals surface area contributed by atoms with Crippen molar-refractivity contribution in [3.05, 3.63) is 100.0 Å². The number of hydrogen-bond acceptors (Lipinski definition) is 4. The summed E-state index contributed by atoms with van der Waals surface area (Å²) < 4.78 is 6.17. The summed E-state index contributed by atoms with van der Waals surface area (Å²) in [5.74, 6) is 0.526. The predicted octanol–water partition coefficient (Wildman–Crippen LogP) is 7.10. The number of ether oxygens (including phenoxy) is 1. The number of carbonyl (C=O) groups excluding carboxylic acids is 1. The SMILES string of the molecule is COc1ccc(-c2ccc(/C=N/NC(=O)c3[nH]c4ccc(Br)cc4c3-c3ccccc3)s2)cc1. The number of methoxy groups -OCH3 is 1. The molecule has 0 unspecified atom stereocenters. The number of aromatic nitrogens is 1. The minimum Gasteiger partial charge on any atom is -0.497 e. The largest absolute Gasteiger partial charge is 0.497 e. The van der Waals surface area contributed by atoms with Gasteiger partial charge in [0.15, 0.2) is 0 Å². The maximum Gasteiger partial charge on any atom is 0.288 e. The van der Waals surface area contributed by atoms with Gasteiger partial charge in [-0.1, -0.05) is 46.3 Å². The van der Waals surface area contributed by atoms with Crippen LogP contribution in [-0.2, 0) is 0 Å². The number of H-pyrrole nitrogens is 1. The lowest BCUT2D eigenvalue weighted by Gasteiger charge is -2.04. The lowest BCUT2D eigenvalue weighted by molar-refractivity contribution is 0.0951. The maximum absolute atomic E-state index is 13.1. The average Bonchev–Trinajstić information content (AvgIpc) is 3.49. The van der Waals surface area contributed by atoms with Crippen molar-refractivity contribution in [3.63, 3.8) is 0 Å². The first kappa shape index (κ1) is 22.1. The third kappa shape index (κ3) is 4.53. The minimum atomic E-state index is -0.297. The van der Waals surface area contributed by atoms with Crippen molar-refractivity contribution in [2.75, 3.05) is 7.11 Å². The summed E-state index contributed by atoms with van der Waals surface area (Å²) >= 11 is 5.13. The second-order valence-corrected chi connectivity index (χ2v) is 9.59. The monoisotopic (exact) mass is 529 g/mol. The van der Waals surface area contributed by atoms with Gasteiger partial charge in [0.2, 0.25) is 0 Å². The number of carbonyl (C=O) groups is 1. The number of aromatic amines is 1. The van der Waals surface area contributed by atoms with Gasteiger partial charge in [0.05, 0.1) is 13.3 Å². The van der Waals surface area contributed by atoms with Gasteiger partial charge in [-0.3, -0.25) is 4.79 Å². The summed E-state index contributed by atoms with van der Waals surface area (Å²) in [6.07, 6.45) is 1.66. The number of nitrogens with zero attached hydrogens (tertiary/aromatic N) is 1. The first-order valence-corrected chi connectivity index (χ1v) is 12.2. The number of hydrazone groups is 1. The van der Waals surface area contributed by atoms with E-state index >= 15 is 0 Å². The van der Waals surface area contributed by atoms with Gasteiger partial charge in [-0.05, 0) is 65.7 Å². The molecule has 0 aliphatic rings. The topological polar surface area (TPSA) is 66.5 Å². The Kier molecular flexibility index (Phi) is 6.29. The molecular formula is C27H20BrN3O2S. The van der Waals surface area contributed by atoms with Crippen LogP contribution in [0.25, 0.3) is 32.5 Å². The van der Waals surface area contributed by atoms with Crippen LogP contribution in [0.15, 0.2) is 94.5 Å². The molecule has 5 rings (SSSR count). The van der Waals surface area contributed by atoms with Crippen LogP contribution in [0.1, 0.15) is 15.4 Å². The quantitative estimate of drug-likeness (QED) is 0.182. The second kappa shape index (κ2) is 9.67. The highest BCUT2D eigenvalue weighted by atomic mass is 79.9. The molecule has 168 valence electrons. The van der Waals surface area contributed by atoms with Crippen LogP contribution in [0.5, 0.6) is 5.75 Å². The number of benzene rings is 3. The molecule has 2 aromatic heterocycles. The Balaban J connectivity index is 1.38. The fourth-order valence-corrected chi connectivity index (χ4v) is 5.03. The van der Waals surface area contributed by atoms with E-state index in [0.29, 0.717) is 5.69 Å². The van der Waals surface area contributed by atoms with Crippen molar-refractivity contribution in [3.8, 4) is 27.3 Å². The standard InChI is InChI=1S/C27H20BrN3O2S/c1-33-20-10-7-17(8-11-20)24-14-12-21(34-24)16-29-31-27(32)26-25(18-5-3-2-4-6-18)22-15-19(28)9-13-23(22)30-26/h2-16,30H,1H3,(H,31,32)/b29-16+. The number of hydrogen-bond donors (Lipinski definition) is 2. The van der Waals surface area contributed by atoms with Crippen molar-refractivity contribution < 1.29 is 9.53 Å². The fourth-order valence-electron chi connectivity index (χ4n) is 3.78. The lowest BCUT2D eigenvalue weighted by atomic mass is 10.0. The Labute approximate surface area is 209 Å². The number of thiophene rings is 1. The van der Waals surface area contributed by atoms with Crippen molar-refractivity contribution in [1.82, 2.24) is 10.4 Å². The summed E-state index contributed by atoms with van der Waals surface area (Å²) in [5.41, 5.74) is 6.95. The highest BCUT2D eigenvalue weighted by molar-refractivity contribution is 9.10. The number of amides is 1. The minimum absolute atomic E-state index is 0.297. The Morgan fingerprint density at radius 3 is 2.56 bits per heavy atom. The van der Waals surface area contributed by atoms with E-state index in [1.807, 2.05) is 84.9 Å². The molecule has 0 aliphatic heterocycles. The van der Waals surface area contributed by atoms with Crippen LogP contribution >= 0.6 is 27.3 Å². The smallest absolute Gasteiger partial charge is 0.288 e. The summed E-state index contributed by atoms with van der Waals surface area (Å²) in [6.45, 7) is 0. The summed E-state index contributed by atoms with van der Waals surface area (Å²) in [6, 6.07) is 27.7. The van der Waals surface area contributed by atoms with Gasteiger partial charge < -0.3 is 9.72 Å². The molecule has 5 aromatic rings. The zero-order chi connectivity index (χ0) is 23.5. The average molecular weight is 530 g/mol. The highest BCUT2D eigenvalue weighted by Crippen LogP contribution is 2.34. The van der Waals surface area contributed by atoms with Crippen molar-refractivity contribution in [2.24, 2.45) is 5.10 Å². The molecule has 0 aliphatic carbocycles. The van der Waals surface area contributed by atoms with Gasteiger partial charge in [0, 0.05) is 30.7 Å². The van der Waals surface area contributed by atoms with Crippen LogP contribution in [0, 0.1) is 0 Å². The lowest BCUT2D eigenvalue weighted by Crippen LogP contribution is -2.18. The van der Waals surface area contributed by atoms with Crippen molar-refractivity contribution >= 4 is 50.3 Å². The number of nitrogens with one attached hydrogen (secondary N) is 2. The molecule has 2 N–H and O–H groups in total. The molecule has 2 heterocycles. The highest BCUT2D eigenvalue weighted by Gasteiger charge is 2.19. The van der Waals surface area contributed by atoms with Crippen LogP contribution in [0.2, 0.25) is 0 Å². The molecule has 0 radical (unpaired) electrons. The van der Waals surface area contributed by atoms with Crippen LogP contribution in [-0.4, -0.2) is 24.2 Å². The van der Waals surface area contributed by atoms with Crippen LogP contribution in [0.4, 0.5) is 0 Å². The summed E-state index contributed by atoms with van der Waals surface area (Å²) in [5, 5.41) is 5.18. The van der Waals surface area contributed by atoms with Gasteiger partial charge >= 0.3 is 0 Å². The second-order valence-electron chi connectivity index (χ2n) is 7.56. The van der Waals surface area contributed by atoms with Crippen LogP contribution in [0.3, 0.4) is 0 Å². The third-order valence-electron chi connectivity index (χ3n) is 5.41. The zero-order valence-electron chi connectivity index (χ0n) is 18.2. The number of halogens is 1. The Hall–Kier alpha value is -3.68. The molecule has 0 bridgehead atoms. The van der Waals surface area contributed by atoms with Gasteiger partial charge in [-0.15, -0.1) is 11.3 Å². The van der Waals surface area contributed by atoms with E-state index in [1.165, 1.54) is 0 Å². The number of rotatable bonds is 6. The van der Waals surface area contributed by atoms with Gasteiger partial charge in [-0.25, -0.2) is 5.43 Å². The maximum atomic E-state index is 13.1. The molecule has 3 aromatic carbocycles. The first-order chi connectivity index (χ1) is 16.6. The van der Waals surface area contributed by atoms with E-state index in [1.54, 1.807) is 24.7 Å². The third-order valence-corrected chi connectivity index (χ3v) is 6.97. The van der Waals surface area contributed by atoms with Gasteiger partial charge in [-0.2, -0.15) is 5.10 Å². The van der Waals surface area contributed by atoms with E-state index in [9.17, 15) is 4.79 Å². The molecule has 0 saturated carbocycles. The van der Waals surface area contributed by atoms with Crippen molar-refractivity contribution in [1.29, 1.82) is 0 Å². The Morgan fingerprint density at radius 1 is 1.00 bits per heavy atom. The Bertz CT molecular complexity index is 1490. The fraction of sp³-hybridized carbons (Fsp3) is 0.0370. The predicted molar refractivity (Wildman–Crippen MR) is 143 cm³/mol. The first-order valence-electron chi connectivity index (χ1n) is 10.6.